The summed E-state index contributed by atoms with van der Waals surface area (Å²) in [4.78, 5) is 21.7. The number of anilines is 1. The highest BCUT2D eigenvalue weighted by Gasteiger charge is 2.16. The average Bonchev–Trinajstić information content (AvgIpc) is 2.72. The number of nitrogens with zero attached hydrogens (tertiary/aromatic N) is 5. The molecule has 2 heterocycles. The smallest absolute Gasteiger partial charge is 0.329 e. The first-order valence-electron chi connectivity index (χ1n) is 4.95. The first-order valence-corrected chi connectivity index (χ1v) is 5.32. The van der Waals surface area contributed by atoms with E-state index in [2.05, 4.69) is 20.3 Å². The van der Waals surface area contributed by atoms with Gasteiger partial charge in [0.2, 0.25) is 11.1 Å². The maximum atomic E-state index is 10.8. The Morgan fingerprint density at radius 3 is 2.94 bits per heavy atom. The number of hydrogen-bond donors (Lipinski definition) is 1. The van der Waals surface area contributed by atoms with Gasteiger partial charge < -0.3 is 9.88 Å². The molecular weight excluding hydrogens is 260 g/mol. The van der Waals surface area contributed by atoms with E-state index in [1.807, 2.05) is 7.05 Å². The lowest BCUT2D eigenvalue weighted by atomic mass is 10.4. The lowest BCUT2D eigenvalue weighted by Crippen LogP contribution is -2.09. The fourth-order valence-electron chi connectivity index (χ4n) is 1.35. The van der Waals surface area contributed by atoms with E-state index in [9.17, 15) is 10.1 Å². The van der Waals surface area contributed by atoms with Crippen LogP contribution in [-0.2, 0) is 13.6 Å². The van der Waals surface area contributed by atoms with Gasteiger partial charge in [-0.1, -0.05) is 0 Å². The first-order chi connectivity index (χ1) is 8.58. The van der Waals surface area contributed by atoms with Crippen LogP contribution < -0.4 is 5.32 Å². The second-order valence-electron chi connectivity index (χ2n) is 3.44. The number of nitro groups is 1. The van der Waals surface area contributed by atoms with Crippen LogP contribution in [0.3, 0.4) is 0 Å². The van der Waals surface area contributed by atoms with E-state index in [0.29, 0.717) is 6.54 Å². The van der Waals surface area contributed by atoms with Crippen molar-refractivity contribution in [3.05, 3.63) is 39.8 Å². The number of aromatic nitrogens is 4. The summed E-state index contributed by atoms with van der Waals surface area (Å²) >= 11 is 5.61. The summed E-state index contributed by atoms with van der Waals surface area (Å²) in [6.07, 6.45) is 4.48. The zero-order valence-electron chi connectivity index (χ0n) is 9.37. The number of nitrogens with one attached hydrogen (secondary N) is 1. The van der Waals surface area contributed by atoms with E-state index in [1.54, 1.807) is 17.0 Å². The van der Waals surface area contributed by atoms with Gasteiger partial charge in [-0.25, -0.2) is 9.97 Å². The lowest BCUT2D eigenvalue weighted by Gasteiger charge is -2.06. The van der Waals surface area contributed by atoms with Gasteiger partial charge in [0.15, 0.2) is 0 Å². The minimum atomic E-state index is -0.572. The third kappa shape index (κ3) is 2.54. The molecule has 2 aromatic rings. The largest absolute Gasteiger partial charge is 0.357 e. The third-order valence-corrected chi connectivity index (χ3v) is 2.45. The van der Waals surface area contributed by atoms with Crippen molar-refractivity contribution in [1.29, 1.82) is 0 Å². The summed E-state index contributed by atoms with van der Waals surface area (Å²) < 4.78 is 1.79. The Bertz CT molecular complexity index is 584. The standard InChI is InChI=1S/C9H9ClN6O2/c1-15-3-2-11-7(15)5-12-8-6(16(17)18)4-13-9(10)14-8/h2-4H,5H2,1H3,(H,12,13,14). The molecular formula is C9H9ClN6O2. The second-order valence-corrected chi connectivity index (χ2v) is 3.78. The molecule has 1 N–H and O–H groups in total. The fourth-order valence-corrected chi connectivity index (χ4v) is 1.48. The molecule has 2 rings (SSSR count). The molecule has 0 unspecified atom stereocenters. The summed E-state index contributed by atoms with van der Waals surface area (Å²) in [5.74, 6) is 0.794. The molecule has 8 nitrogen and oxygen atoms in total. The Labute approximate surface area is 107 Å². The molecule has 0 aliphatic heterocycles. The maximum Gasteiger partial charge on any atom is 0.329 e. The van der Waals surface area contributed by atoms with Crippen LogP contribution in [0.15, 0.2) is 18.6 Å². The van der Waals surface area contributed by atoms with Gasteiger partial charge in [0.25, 0.3) is 0 Å². The predicted octanol–water partition coefficient (Wildman–Crippen LogP) is 1.38. The molecule has 0 bridgehead atoms. The Balaban J connectivity index is 2.20. The van der Waals surface area contributed by atoms with Crippen molar-refractivity contribution in [2.45, 2.75) is 6.54 Å². The number of aryl methyl sites for hydroxylation is 1. The highest BCUT2D eigenvalue weighted by atomic mass is 35.5. The highest BCUT2D eigenvalue weighted by Crippen LogP contribution is 2.22. The Morgan fingerprint density at radius 2 is 2.33 bits per heavy atom. The average molecular weight is 269 g/mol. The summed E-state index contributed by atoms with van der Waals surface area (Å²) in [6, 6.07) is 0. The van der Waals surface area contributed by atoms with Gasteiger partial charge >= 0.3 is 5.69 Å². The van der Waals surface area contributed by atoms with Crippen molar-refractivity contribution in [2.24, 2.45) is 7.05 Å². The van der Waals surface area contributed by atoms with Crippen molar-refractivity contribution in [2.75, 3.05) is 5.32 Å². The van der Waals surface area contributed by atoms with E-state index >= 15 is 0 Å². The van der Waals surface area contributed by atoms with Crippen LogP contribution in [0.4, 0.5) is 11.5 Å². The van der Waals surface area contributed by atoms with Crippen LogP contribution in [0, 0.1) is 10.1 Å². The van der Waals surface area contributed by atoms with Crippen LogP contribution in [0.1, 0.15) is 5.82 Å². The highest BCUT2D eigenvalue weighted by molar-refractivity contribution is 6.28. The van der Waals surface area contributed by atoms with Crippen LogP contribution in [-0.4, -0.2) is 24.4 Å². The quantitative estimate of drug-likeness (QED) is 0.511. The molecule has 0 saturated carbocycles. The molecule has 18 heavy (non-hydrogen) atoms. The van der Waals surface area contributed by atoms with Crippen LogP contribution in [0.25, 0.3) is 0 Å². The maximum absolute atomic E-state index is 10.8. The van der Waals surface area contributed by atoms with Gasteiger partial charge in [-0.3, -0.25) is 10.1 Å². The molecule has 0 amide bonds. The Kier molecular flexibility index (Phi) is 3.38. The Hall–Kier alpha value is -2.22. The summed E-state index contributed by atoms with van der Waals surface area (Å²) in [7, 11) is 1.82. The van der Waals surface area contributed by atoms with Crippen LogP contribution >= 0.6 is 11.6 Å². The normalized spacial score (nSPS) is 10.3. The lowest BCUT2D eigenvalue weighted by molar-refractivity contribution is -0.384. The molecule has 0 aliphatic carbocycles. The van der Waals surface area contributed by atoms with E-state index < -0.39 is 4.92 Å². The van der Waals surface area contributed by atoms with Gasteiger partial charge in [-0.2, -0.15) is 4.98 Å². The second kappa shape index (κ2) is 4.96. The predicted molar refractivity (Wildman–Crippen MR) is 64.2 cm³/mol. The minimum absolute atomic E-state index is 0.0528. The van der Waals surface area contributed by atoms with Gasteiger partial charge in [-0.15, -0.1) is 0 Å². The molecule has 2 aromatic heterocycles. The number of halogens is 1. The Morgan fingerprint density at radius 1 is 1.56 bits per heavy atom. The molecule has 0 spiro atoms. The number of imidazole rings is 1. The molecule has 94 valence electrons. The molecule has 0 aliphatic rings. The molecule has 0 radical (unpaired) electrons. The monoisotopic (exact) mass is 268 g/mol. The van der Waals surface area contributed by atoms with Crippen LogP contribution in [0.5, 0.6) is 0 Å². The molecule has 0 atom stereocenters. The molecule has 0 fully saturated rings. The van der Waals surface area contributed by atoms with E-state index in [1.165, 1.54) is 0 Å². The third-order valence-electron chi connectivity index (χ3n) is 2.27. The van der Waals surface area contributed by atoms with E-state index in [-0.39, 0.29) is 16.8 Å². The topological polar surface area (TPSA) is 98.8 Å². The summed E-state index contributed by atoms with van der Waals surface area (Å²) in [6.45, 7) is 0.303. The SMILES string of the molecule is Cn1ccnc1CNc1nc(Cl)ncc1[N+](=O)[O-]. The van der Waals surface area contributed by atoms with Crippen LogP contribution in [0.2, 0.25) is 5.28 Å². The van der Waals surface area contributed by atoms with Gasteiger partial charge in [0, 0.05) is 19.4 Å². The van der Waals surface area contributed by atoms with Crippen molar-refractivity contribution in [3.63, 3.8) is 0 Å². The van der Waals surface area contributed by atoms with Gasteiger partial charge in [0.1, 0.15) is 12.0 Å². The summed E-state index contributed by atoms with van der Waals surface area (Å²) in [5, 5.41) is 13.5. The fraction of sp³-hybridized carbons (Fsp3) is 0.222. The summed E-state index contributed by atoms with van der Waals surface area (Å²) in [5.41, 5.74) is -0.228. The van der Waals surface area contributed by atoms with Crippen molar-refractivity contribution < 1.29 is 4.92 Å². The molecule has 9 heteroatoms. The molecule has 0 aromatic carbocycles. The first kappa shape index (κ1) is 12.2. The van der Waals surface area contributed by atoms with Crippen molar-refractivity contribution in [1.82, 2.24) is 19.5 Å². The van der Waals surface area contributed by atoms with Gasteiger partial charge in [-0.05, 0) is 11.6 Å². The zero-order chi connectivity index (χ0) is 13.1. The molecule has 0 saturated heterocycles. The van der Waals surface area contributed by atoms with E-state index in [0.717, 1.165) is 12.0 Å². The number of rotatable bonds is 4. The number of hydrogen-bond acceptors (Lipinski definition) is 6. The zero-order valence-corrected chi connectivity index (χ0v) is 10.1. The van der Waals surface area contributed by atoms with Crippen molar-refractivity contribution >= 4 is 23.1 Å². The van der Waals surface area contributed by atoms with Crippen molar-refractivity contribution in [3.8, 4) is 0 Å². The minimum Gasteiger partial charge on any atom is -0.357 e. The van der Waals surface area contributed by atoms with E-state index in [4.69, 9.17) is 11.6 Å². The van der Waals surface area contributed by atoms with Gasteiger partial charge in [0.05, 0.1) is 11.5 Å².